The highest BCUT2D eigenvalue weighted by molar-refractivity contribution is 5.27. The van der Waals surface area contributed by atoms with Crippen molar-refractivity contribution in [2.45, 2.75) is 98.8 Å². The molecule has 0 saturated heterocycles. The van der Waals surface area contributed by atoms with Crippen molar-refractivity contribution < 1.29 is 0 Å². The topological polar surface area (TPSA) is 41.9 Å². The maximum atomic E-state index is 4.38. The van der Waals surface area contributed by atoms with Crippen molar-refractivity contribution in [2.24, 2.45) is 0 Å². The summed E-state index contributed by atoms with van der Waals surface area (Å²) in [5.74, 6) is 1.62. The maximum Gasteiger partial charge on any atom is 0.228 e. The molecule has 4 nitrogen and oxygen atoms in total. The van der Waals surface area contributed by atoms with Crippen LogP contribution in [0.5, 0.6) is 0 Å². The molecule has 0 amide bonds. The first-order valence-corrected chi connectivity index (χ1v) is 10.1. The Labute approximate surface area is 150 Å². The van der Waals surface area contributed by atoms with Crippen molar-refractivity contribution in [3.8, 4) is 0 Å². The molecule has 0 saturated carbocycles. The first kappa shape index (κ1) is 22.8. The summed E-state index contributed by atoms with van der Waals surface area (Å²) in [6.07, 6.45) is 14.9. The summed E-state index contributed by atoms with van der Waals surface area (Å²) in [6.45, 7) is 12.9. The van der Waals surface area contributed by atoms with Gasteiger partial charge in [-0.2, -0.15) is 4.98 Å². The SMILES string of the molecule is CCCCCCCC.CCCCN(CCCC)c1ncnc(C)n1. The monoisotopic (exact) mass is 336 g/mol. The van der Waals surface area contributed by atoms with E-state index in [1.54, 1.807) is 6.33 Å². The van der Waals surface area contributed by atoms with Gasteiger partial charge in [0.15, 0.2) is 0 Å². The third-order valence-corrected chi connectivity index (χ3v) is 3.98. The lowest BCUT2D eigenvalue weighted by Gasteiger charge is -2.21. The van der Waals surface area contributed by atoms with Gasteiger partial charge in [0.05, 0.1) is 0 Å². The van der Waals surface area contributed by atoms with Crippen molar-refractivity contribution in [3.05, 3.63) is 12.2 Å². The minimum atomic E-state index is 0.794. The van der Waals surface area contributed by atoms with Gasteiger partial charge in [0.2, 0.25) is 5.95 Å². The molecule has 0 aliphatic rings. The molecule has 24 heavy (non-hydrogen) atoms. The average molecular weight is 337 g/mol. The van der Waals surface area contributed by atoms with Crippen molar-refractivity contribution in [1.82, 2.24) is 15.0 Å². The summed E-state index contributed by atoms with van der Waals surface area (Å²) >= 11 is 0. The number of aromatic nitrogens is 3. The number of hydrogen-bond acceptors (Lipinski definition) is 4. The fourth-order valence-electron chi connectivity index (χ4n) is 2.38. The molecule has 0 unspecified atom stereocenters. The van der Waals surface area contributed by atoms with Gasteiger partial charge < -0.3 is 4.90 Å². The van der Waals surface area contributed by atoms with Gasteiger partial charge in [-0.05, 0) is 19.8 Å². The summed E-state index contributed by atoms with van der Waals surface area (Å²) in [5.41, 5.74) is 0. The Morgan fingerprint density at radius 1 is 0.708 bits per heavy atom. The van der Waals surface area contributed by atoms with Crippen LogP contribution >= 0.6 is 0 Å². The molecule has 0 fully saturated rings. The second-order valence-electron chi connectivity index (χ2n) is 6.44. The molecule has 0 atom stereocenters. The normalized spacial score (nSPS) is 10.2. The second-order valence-corrected chi connectivity index (χ2v) is 6.44. The Balaban J connectivity index is 0.000000561. The van der Waals surface area contributed by atoms with Crippen molar-refractivity contribution in [1.29, 1.82) is 0 Å². The largest absolute Gasteiger partial charge is 0.341 e. The van der Waals surface area contributed by atoms with Crippen molar-refractivity contribution in [3.63, 3.8) is 0 Å². The van der Waals surface area contributed by atoms with Gasteiger partial charge in [-0.15, -0.1) is 0 Å². The highest BCUT2D eigenvalue weighted by atomic mass is 15.3. The molecule has 0 aromatic carbocycles. The van der Waals surface area contributed by atoms with Crippen LogP contribution in [-0.4, -0.2) is 28.0 Å². The molecule has 0 aliphatic heterocycles. The Morgan fingerprint density at radius 3 is 1.62 bits per heavy atom. The van der Waals surface area contributed by atoms with Gasteiger partial charge in [-0.3, -0.25) is 0 Å². The van der Waals surface area contributed by atoms with Crippen LogP contribution in [0.1, 0.15) is 97.7 Å². The fraction of sp³-hybridized carbons (Fsp3) is 0.850. The average Bonchev–Trinajstić information content (AvgIpc) is 2.59. The number of hydrogen-bond donors (Lipinski definition) is 0. The van der Waals surface area contributed by atoms with Gasteiger partial charge in [0.1, 0.15) is 12.2 Å². The van der Waals surface area contributed by atoms with E-state index in [-0.39, 0.29) is 0 Å². The van der Waals surface area contributed by atoms with E-state index in [0.29, 0.717) is 0 Å². The van der Waals surface area contributed by atoms with Crippen LogP contribution in [0.2, 0.25) is 0 Å². The second kappa shape index (κ2) is 16.7. The van der Waals surface area contributed by atoms with E-state index in [1.807, 2.05) is 6.92 Å². The Hall–Kier alpha value is -1.19. The Kier molecular flexibility index (Phi) is 15.8. The van der Waals surface area contributed by atoms with Gasteiger partial charge >= 0.3 is 0 Å². The molecular formula is C20H40N4. The third-order valence-electron chi connectivity index (χ3n) is 3.98. The maximum absolute atomic E-state index is 4.38. The van der Waals surface area contributed by atoms with E-state index in [0.717, 1.165) is 24.9 Å². The summed E-state index contributed by atoms with van der Waals surface area (Å²) in [4.78, 5) is 14.9. The number of aryl methyl sites for hydroxylation is 1. The zero-order chi connectivity index (χ0) is 18.0. The molecule has 0 radical (unpaired) electrons. The molecule has 4 heteroatoms. The summed E-state index contributed by atoms with van der Waals surface area (Å²) in [5, 5.41) is 0. The van der Waals surface area contributed by atoms with Crippen LogP contribution in [0.4, 0.5) is 5.95 Å². The van der Waals surface area contributed by atoms with Gasteiger partial charge in [0, 0.05) is 13.1 Å². The predicted molar refractivity (Wildman–Crippen MR) is 106 cm³/mol. The number of anilines is 1. The van der Waals surface area contributed by atoms with Crippen LogP contribution in [0, 0.1) is 6.92 Å². The molecule has 0 spiro atoms. The molecule has 1 aromatic heterocycles. The predicted octanol–water partition coefficient (Wildman–Crippen LogP) is 5.95. The van der Waals surface area contributed by atoms with Crippen molar-refractivity contribution in [2.75, 3.05) is 18.0 Å². The number of unbranched alkanes of at least 4 members (excludes halogenated alkanes) is 7. The summed E-state index contributed by atoms with van der Waals surface area (Å²) in [6, 6.07) is 0. The molecule has 140 valence electrons. The van der Waals surface area contributed by atoms with Crippen LogP contribution in [0.25, 0.3) is 0 Å². The molecule has 0 bridgehead atoms. The first-order valence-electron chi connectivity index (χ1n) is 10.1. The van der Waals surface area contributed by atoms with E-state index in [2.05, 4.69) is 47.5 Å². The van der Waals surface area contributed by atoms with E-state index >= 15 is 0 Å². The van der Waals surface area contributed by atoms with E-state index in [4.69, 9.17) is 0 Å². The third kappa shape index (κ3) is 12.3. The molecule has 1 aromatic rings. The lowest BCUT2D eigenvalue weighted by Crippen LogP contribution is -2.27. The minimum Gasteiger partial charge on any atom is -0.341 e. The Morgan fingerprint density at radius 2 is 1.21 bits per heavy atom. The van der Waals surface area contributed by atoms with Gasteiger partial charge in [-0.25, -0.2) is 9.97 Å². The van der Waals surface area contributed by atoms with Crippen LogP contribution < -0.4 is 4.90 Å². The van der Waals surface area contributed by atoms with Crippen LogP contribution in [0.15, 0.2) is 6.33 Å². The molecule has 0 N–H and O–H groups in total. The molecule has 0 aliphatic carbocycles. The fourth-order valence-corrected chi connectivity index (χ4v) is 2.38. The van der Waals surface area contributed by atoms with E-state index in [9.17, 15) is 0 Å². The lowest BCUT2D eigenvalue weighted by atomic mass is 10.1. The summed E-state index contributed by atoms with van der Waals surface area (Å²) < 4.78 is 0. The number of nitrogens with zero attached hydrogens (tertiary/aromatic N) is 4. The first-order chi connectivity index (χ1) is 11.7. The molecule has 1 heterocycles. The zero-order valence-corrected chi connectivity index (χ0v) is 16.9. The number of rotatable bonds is 12. The quantitative estimate of drug-likeness (QED) is 0.442. The highest BCUT2D eigenvalue weighted by Gasteiger charge is 2.08. The zero-order valence-electron chi connectivity index (χ0n) is 16.9. The Bertz CT molecular complexity index is 368. The standard InChI is InChI=1S/C12H22N4.C8H18/c1-4-6-8-16(9-7-5-2)12-14-10-13-11(3)15-12;1-3-5-7-8-6-4-2/h10H,4-9H2,1-3H3;3-8H2,1-2H3. The highest BCUT2D eigenvalue weighted by Crippen LogP contribution is 2.09. The molecule has 1 rings (SSSR count). The lowest BCUT2D eigenvalue weighted by molar-refractivity contribution is 0.624. The smallest absolute Gasteiger partial charge is 0.228 e. The van der Waals surface area contributed by atoms with E-state index in [1.165, 1.54) is 64.2 Å². The van der Waals surface area contributed by atoms with Gasteiger partial charge in [-0.1, -0.05) is 79.1 Å². The summed E-state index contributed by atoms with van der Waals surface area (Å²) in [7, 11) is 0. The van der Waals surface area contributed by atoms with Gasteiger partial charge in [0.25, 0.3) is 0 Å². The van der Waals surface area contributed by atoms with Crippen LogP contribution in [-0.2, 0) is 0 Å². The molecular weight excluding hydrogens is 296 g/mol. The van der Waals surface area contributed by atoms with Crippen molar-refractivity contribution >= 4 is 5.95 Å². The van der Waals surface area contributed by atoms with E-state index < -0.39 is 0 Å². The van der Waals surface area contributed by atoms with Crippen LogP contribution in [0.3, 0.4) is 0 Å². The minimum absolute atomic E-state index is 0.794.